The Kier molecular flexibility index (Phi) is 4.38. The van der Waals surface area contributed by atoms with Crippen LogP contribution in [0.5, 0.6) is 11.5 Å². The number of carbonyl (C=O) groups is 2. The SMILES string of the molecule is COc1cc(OC)cc(C(=O)O/N=C2/C(=O)N(C)c3ccccc32)c1. The lowest BCUT2D eigenvalue weighted by Crippen LogP contribution is -2.25. The fraction of sp³-hybridized carbons (Fsp3) is 0.167. The van der Waals surface area contributed by atoms with Crippen LogP contribution in [0.15, 0.2) is 47.6 Å². The number of rotatable bonds is 4. The van der Waals surface area contributed by atoms with E-state index in [2.05, 4.69) is 5.16 Å². The predicted octanol–water partition coefficient (Wildman–Crippen LogP) is 2.24. The molecule has 0 bridgehead atoms. The first kappa shape index (κ1) is 16.5. The summed E-state index contributed by atoms with van der Waals surface area (Å²) in [5.74, 6) is -0.163. The van der Waals surface area contributed by atoms with Crippen molar-refractivity contribution in [3.05, 3.63) is 53.6 Å². The second-order valence-electron chi connectivity index (χ2n) is 5.30. The van der Waals surface area contributed by atoms with Gasteiger partial charge in [0.2, 0.25) is 0 Å². The van der Waals surface area contributed by atoms with Gasteiger partial charge in [0.25, 0.3) is 5.91 Å². The third-order valence-electron chi connectivity index (χ3n) is 3.83. The monoisotopic (exact) mass is 340 g/mol. The van der Waals surface area contributed by atoms with Gasteiger partial charge >= 0.3 is 5.97 Å². The number of nitrogens with zero attached hydrogens (tertiary/aromatic N) is 2. The van der Waals surface area contributed by atoms with Gasteiger partial charge in [0.1, 0.15) is 11.5 Å². The van der Waals surface area contributed by atoms with E-state index in [1.807, 2.05) is 6.07 Å². The maximum absolute atomic E-state index is 12.3. The molecule has 1 aliphatic rings. The van der Waals surface area contributed by atoms with Gasteiger partial charge in [-0.1, -0.05) is 23.4 Å². The van der Waals surface area contributed by atoms with Gasteiger partial charge in [-0.25, -0.2) is 4.79 Å². The van der Waals surface area contributed by atoms with Crippen LogP contribution in [-0.2, 0) is 9.63 Å². The lowest BCUT2D eigenvalue weighted by atomic mass is 10.1. The Bertz CT molecular complexity index is 853. The fourth-order valence-corrected chi connectivity index (χ4v) is 2.50. The maximum Gasteiger partial charge on any atom is 0.366 e. The quantitative estimate of drug-likeness (QED) is 0.630. The highest BCUT2D eigenvalue weighted by atomic mass is 16.7. The van der Waals surface area contributed by atoms with Gasteiger partial charge in [0.05, 0.1) is 25.5 Å². The van der Waals surface area contributed by atoms with Gasteiger partial charge in [-0.3, -0.25) is 4.79 Å². The smallest absolute Gasteiger partial charge is 0.366 e. The maximum atomic E-state index is 12.3. The minimum atomic E-state index is -0.718. The van der Waals surface area contributed by atoms with E-state index in [1.54, 1.807) is 31.3 Å². The number of hydrogen-bond donors (Lipinski definition) is 0. The van der Waals surface area contributed by atoms with E-state index >= 15 is 0 Å². The van der Waals surface area contributed by atoms with Crippen LogP contribution in [0.2, 0.25) is 0 Å². The molecule has 7 nitrogen and oxygen atoms in total. The van der Waals surface area contributed by atoms with Gasteiger partial charge in [-0.2, -0.15) is 0 Å². The van der Waals surface area contributed by atoms with Crippen molar-refractivity contribution in [2.75, 3.05) is 26.2 Å². The number of carbonyl (C=O) groups excluding carboxylic acids is 2. The largest absolute Gasteiger partial charge is 0.497 e. The number of fused-ring (bicyclic) bond motifs is 1. The lowest BCUT2D eigenvalue weighted by molar-refractivity contribution is -0.112. The van der Waals surface area contributed by atoms with Crippen molar-refractivity contribution in [1.82, 2.24) is 0 Å². The molecule has 128 valence electrons. The molecular weight excluding hydrogens is 324 g/mol. The van der Waals surface area contributed by atoms with Crippen LogP contribution >= 0.6 is 0 Å². The molecule has 0 fully saturated rings. The third-order valence-corrected chi connectivity index (χ3v) is 3.83. The number of para-hydroxylation sites is 1. The Morgan fingerprint density at radius 1 is 1.04 bits per heavy atom. The Morgan fingerprint density at radius 3 is 2.32 bits per heavy atom. The van der Waals surface area contributed by atoms with Gasteiger partial charge in [-0.05, 0) is 18.2 Å². The number of benzene rings is 2. The van der Waals surface area contributed by atoms with Crippen LogP contribution in [0.4, 0.5) is 5.69 Å². The lowest BCUT2D eigenvalue weighted by Gasteiger charge is -2.07. The van der Waals surface area contributed by atoms with Crippen LogP contribution in [-0.4, -0.2) is 38.9 Å². The van der Waals surface area contributed by atoms with Crippen molar-refractivity contribution in [3.8, 4) is 11.5 Å². The zero-order chi connectivity index (χ0) is 18.0. The molecule has 25 heavy (non-hydrogen) atoms. The van der Waals surface area contributed by atoms with E-state index in [0.29, 0.717) is 22.7 Å². The summed E-state index contributed by atoms with van der Waals surface area (Å²) in [6, 6.07) is 11.8. The van der Waals surface area contributed by atoms with Crippen molar-refractivity contribution in [2.24, 2.45) is 5.16 Å². The van der Waals surface area contributed by atoms with E-state index in [1.165, 1.54) is 31.3 Å². The van der Waals surface area contributed by atoms with Crippen molar-refractivity contribution in [1.29, 1.82) is 0 Å². The zero-order valence-corrected chi connectivity index (χ0v) is 14.0. The summed E-state index contributed by atoms with van der Waals surface area (Å²) in [6.07, 6.45) is 0. The molecule has 0 aromatic heterocycles. The number of hydrogen-bond acceptors (Lipinski definition) is 6. The molecule has 0 atom stereocenters. The minimum absolute atomic E-state index is 0.0845. The van der Waals surface area contributed by atoms with Crippen molar-refractivity contribution in [2.45, 2.75) is 0 Å². The Balaban J connectivity index is 1.87. The molecule has 0 radical (unpaired) electrons. The number of likely N-dealkylation sites (N-methyl/N-ethyl adjacent to an activating group) is 1. The molecule has 1 heterocycles. The van der Waals surface area contributed by atoms with Crippen molar-refractivity contribution >= 4 is 23.3 Å². The highest BCUT2D eigenvalue weighted by Crippen LogP contribution is 2.28. The number of amides is 1. The molecular formula is C18H16N2O5. The van der Waals surface area contributed by atoms with Crippen molar-refractivity contribution < 1.29 is 23.9 Å². The summed E-state index contributed by atoms with van der Waals surface area (Å²) in [4.78, 5) is 31.0. The van der Waals surface area contributed by atoms with Gasteiger partial charge < -0.3 is 19.2 Å². The van der Waals surface area contributed by atoms with Crippen LogP contribution in [0, 0.1) is 0 Å². The molecule has 3 rings (SSSR count). The van der Waals surface area contributed by atoms with E-state index in [0.717, 1.165) is 0 Å². The highest BCUT2D eigenvalue weighted by Gasteiger charge is 2.32. The normalized spacial score (nSPS) is 14.4. The Labute approximate surface area is 144 Å². The number of ether oxygens (including phenoxy) is 2. The average molecular weight is 340 g/mol. The van der Waals surface area contributed by atoms with Gasteiger partial charge in [0, 0.05) is 18.7 Å². The molecule has 0 saturated heterocycles. The summed E-state index contributed by atoms with van der Waals surface area (Å²) < 4.78 is 10.2. The molecule has 0 unspecified atom stereocenters. The molecule has 2 aromatic rings. The third kappa shape index (κ3) is 3.03. The summed E-state index contributed by atoms with van der Waals surface area (Å²) in [5, 5.41) is 3.78. The van der Waals surface area contributed by atoms with Crippen LogP contribution in [0.3, 0.4) is 0 Å². The number of anilines is 1. The van der Waals surface area contributed by atoms with E-state index in [4.69, 9.17) is 14.3 Å². The molecule has 1 amide bonds. The molecule has 1 aliphatic heterocycles. The summed E-state index contributed by atoms with van der Waals surface area (Å²) in [7, 11) is 4.60. The minimum Gasteiger partial charge on any atom is -0.497 e. The van der Waals surface area contributed by atoms with Gasteiger partial charge in [0.15, 0.2) is 5.71 Å². The molecule has 0 N–H and O–H groups in total. The van der Waals surface area contributed by atoms with Crippen LogP contribution in [0.25, 0.3) is 0 Å². The van der Waals surface area contributed by atoms with E-state index in [9.17, 15) is 9.59 Å². The zero-order valence-electron chi connectivity index (χ0n) is 14.0. The standard InChI is InChI=1S/C18H16N2O5/c1-20-15-7-5-4-6-14(15)16(17(20)21)19-25-18(22)11-8-12(23-2)10-13(9-11)24-3/h4-10H,1-3H3/b19-16+. The Hall–Kier alpha value is -3.35. The first-order valence-corrected chi connectivity index (χ1v) is 7.45. The average Bonchev–Trinajstić information content (AvgIpc) is 2.90. The summed E-state index contributed by atoms with van der Waals surface area (Å²) in [6.45, 7) is 0. The second kappa shape index (κ2) is 6.64. The number of oxime groups is 1. The topological polar surface area (TPSA) is 77.4 Å². The molecule has 0 aliphatic carbocycles. The molecule has 0 spiro atoms. The van der Waals surface area contributed by atoms with Crippen LogP contribution in [0.1, 0.15) is 15.9 Å². The number of methoxy groups -OCH3 is 2. The van der Waals surface area contributed by atoms with E-state index in [-0.39, 0.29) is 17.2 Å². The fourth-order valence-electron chi connectivity index (χ4n) is 2.50. The molecule has 7 heteroatoms. The van der Waals surface area contributed by atoms with Crippen molar-refractivity contribution in [3.63, 3.8) is 0 Å². The first-order valence-electron chi connectivity index (χ1n) is 7.45. The second-order valence-corrected chi connectivity index (χ2v) is 5.30. The predicted molar refractivity (Wildman–Crippen MR) is 91.4 cm³/mol. The molecule has 2 aromatic carbocycles. The first-order chi connectivity index (χ1) is 12.0. The summed E-state index contributed by atoms with van der Waals surface area (Å²) in [5.41, 5.74) is 1.62. The molecule has 0 saturated carbocycles. The van der Waals surface area contributed by atoms with E-state index < -0.39 is 5.97 Å². The highest BCUT2D eigenvalue weighted by molar-refractivity contribution is 6.54. The van der Waals surface area contributed by atoms with Gasteiger partial charge in [-0.15, -0.1) is 0 Å². The Morgan fingerprint density at radius 2 is 1.68 bits per heavy atom. The van der Waals surface area contributed by atoms with Crippen LogP contribution < -0.4 is 14.4 Å². The summed E-state index contributed by atoms with van der Waals surface area (Å²) >= 11 is 0.